The van der Waals surface area contributed by atoms with Crippen molar-refractivity contribution >= 4 is 23.3 Å². The quantitative estimate of drug-likeness (QED) is 0.348. The van der Waals surface area contributed by atoms with Crippen molar-refractivity contribution in [3.05, 3.63) is 59.2 Å². The Kier molecular flexibility index (Phi) is 6.88. The average molecular weight is 433 g/mol. The Balaban J connectivity index is 1.83. The van der Waals surface area contributed by atoms with Crippen molar-refractivity contribution in [3.8, 4) is 0 Å². The summed E-state index contributed by atoms with van der Waals surface area (Å²) in [6.07, 6.45) is -9.31. The molecular weight excluding hydrogens is 410 g/mol. The fourth-order valence-corrected chi connectivity index (χ4v) is 3.22. The van der Waals surface area contributed by atoms with Crippen LogP contribution in [0.2, 0.25) is 0 Å². The third-order valence-corrected chi connectivity index (χ3v) is 5.07. The summed E-state index contributed by atoms with van der Waals surface area (Å²) in [6.45, 7) is 1.65. The van der Waals surface area contributed by atoms with Gasteiger partial charge in [0.05, 0.1) is 17.9 Å². The Morgan fingerprint density at radius 3 is 2.35 bits per heavy atom. The van der Waals surface area contributed by atoms with Crippen molar-refractivity contribution in [2.75, 3.05) is 5.32 Å². The molecule has 2 aromatic rings. The minimum absolute atomic E-state index is 0.0552. The van der Waals surface area contributed by atoms with Crippen LogP contribution in [0.25, 0.3) is 0 Å². The molecule has 0 spiro atoms. The molecule has 166 valence electrons. The average Bonchev–Trinajstić information content (AvgIpc) is 2.75. The van der Waals surface area contributed by atoms with Crippen LogP contribution in [0.1, 0.15) is 21.5 Å². The van der Waals surface area contributed by atoms with Gasteiger partial charge in [-0.2, -0.15) is 0 Å². The Hall–Kier alpha value is -3.02. The van der Waals surface area contributed by atoms with Crippen molar-refractivity contribution < 1.29 is 44.6 Å². The molecular formula is C21H23NO9. The molecule has 3 rings (SSSR count). The van der Waals surface area contributed by atoms with Gasteiger partial charge in [-0.3, -0.25) is 0 Å². The van der Waals surface area contributed by atoms with E-state index in [1.165, 1.54) is 6.07 Å². The molecule has 1 heterocycles. The van der Waals surface area contributed by atoms with E-state index in [-0.39, 0.29) is 12.2 Å². The number of carbonyl (C=O) groups excluding carboxylic acids is 1. The van der Waals surface area contributed by atoms with E-state index in [9.17, 15) is 30.0 Å². The topological polar surface area (TPSA) is 166 Å². The van der Waals surface area contributed by atoms with Gasteiger partial charge in [0.2, 0.25) is 6.29 Å². The maximum atomic E-state index is 12.8. The number of carbonyl (C=O) groups is 2. The molecule has 0 aliphatic carbocycles. The van der Waals surface area contributed by atoms with E-state index in [4.69, 9.17) is 14.6 Å². The van der Waals surface area contributed by atoms with Gasteiger partial charge in [-0.05, 0) is 36.2 Å². The molecule has 0 radical (unpaired) electrons. The number of esters is 1. The summed E-state index contributed by atoms with van der Waals surface area (Å²) < 4.78 is 10.1. The summed E-state index contributed by atoms with van der Waals surface area (Å²) in [5.74, 6) is -2.53. The highest BCUT2D eigenvalue weighted by molar-refractivity contribution is 5.96. The number of rotatable bonds is 6. The van der Waals surface area contributed by atoms with Gasteiger partial charge < -0.3 is 40.3 Å². The summed E-state index contributed by atoms with van der Waals surface area (Å²) in [7, 11) is 0. The first-order valence-corrected chi connectivity index (χ1v) is 9.43. The SMILES string of the molecule is Cc1c(CO)cccc1Nc1ccccc1C(=O)O[C@@H]1O[C@@H](C(=O)O)[C@H](O)[C@@H](O)[C@@H]1O. The van der Waals surface area contributed by atoms with Crippen LogP contribution < -0.4 is 5.32 Å². The third kappa shape index (κ3) is 4.68. The van der Waals surface area contributed by atoms with Crippen molar-refractivity contribution in [2.24, 2.45) is 0 Å². The number of hydrogen-bond acceptors (Lipinski definition) is 9. The minimum Gasteiger partial charge on any atom is -0.479 e. The largest absolute Gasteiger partial charge is 0.479 e. The van der Waals surface area contributed by atoms with Crippen LogP contribution in [0.15, 0.2) is 42.5 Å². The number of aliphatic hydroxyl groups is 4. The number of carboxylic acids is 1. The van der Waals surface area contributed by atoms with Gasteiger partial charge in [0.1, 0.15) is 18.3 Å². The molecule has 5 atom stereocenters. The number of para-hydroxylation sites is 1. The molecule has 0 bridgehead atoms. The Morgan fingerprint density at radius 1 is 1.00 bits per heavy atom. The summed E-state index contributed by atoms with van der Waals surface area (Å²) >= 11 is 0. The van der Waals surface area contributed by atoms with Crippen LogP contribution in [0.4, 0.5) is 11.4 Å². The number of hydrogen-bond donors (Lipinski definition) is 6. The second-order valence-corrected chi connectivity index (χ2v) is 7.06. The molecule has 31 heavy (non-hydrogen) atoms. The molecule has 0 aromatic heterocycles. The number of nitrogens with one attached hydrogen (secondary N) is 1. The Labute approximate surface area is 177 Å². The van der Waals surface area contributed by atoms with Gasteiger partial charge in [0.15, 0.2) is 6.10 Å². The summed E-state index contributed by atoms with van der Waals surface area (Å²) in [5, 5.41) is 51.3. The van der Waals surface area contributed by atoms with E-state index in [0.29, 0.717) is 16.9 Å². The van der Waals surface area contributed by atoms with Gasteiger partial charge in [-0.1, -0.05) is 24.3 Å². The van der Waals surface area contributed by atoms with Gasteiger partial charge in [-0.15, -0.1) is 0 Å². The fraction of sp³-hybridized carbons (Fsp3) is 0.333. The summed E-state index contributed by atoms with van der Waals surface area (Å²) in [6, 6.07) is 11.6. The lowest BCUT2D eigenvalue weighted by atomic mass is 9.99. The molecule has 0 unspecified atom stereocenters. The number of carboxylic acid groups (broad SMARTS) is 1. The molecule has 1 aliphatic rings. The standard InChI is InChI=1S/C21H23NO9/c1-10-11(9-23)5-4-8-13(10)22-14-7-3-2-6-12(14)20(29)31-21-17(26)15(24)16(25)18(30-21)19(27)28/h2-8,15-18,21-26H,9H2,1H3,(H,27,28)/t15-,16-,17+,18-,21+/m1/s1. The predicted molar refractivity (Wildman–Crippen MR) is 107 cm³/mol. The molecule has 2 aromatic carbocycles. The highest BCUT2D eigenvalue weighted by Gasteiger charge is 2.48. The van der Waals surface area contributed by atoms with E-state index in [2.05, 4.69) is 5.32 Å². The van der Waals surface area contributed by atoms with E-state index in [1.54, 1.807) is 43.3 Å². The van der Waals surface area contributed by atoms with Crippen molar-refractivity contribution in [1.29, 1.82) is 0 Å². The number of anilines is 2. The van der Waals surface area contributed by atoms with E-state index in [1.807, 2.05) is 0 Å². The highest BCUT2D eigenvalue weighted by atomic mass is 16.7. The van der Waals surface area contributed by atoms with Gasteiger partial charge in [-0.25, -0.2) is 9.59 Å². The molecule has 0 saturated carbocycles. The van der Waals surface area contributed by atoms with E-state index < -0.39 is 42.6 Å². The maximum absolute atomic E-state index is 12.8. The molecule has 6 N–H and O–H groups in total. The first kappa shape index (κ1) is 22.7. The monoisotopic (exact) mass is 433 g/mol. The Morgan fingerprint density at radius 2 is 1.68 bits per heavy atom. The zero-order chi connectivity index (χ0) is 22.7. The number of aliphatic hydroxyl groups excluding tert-OH is 4. The first-order chi connectivity index (χ1) is 14.7. The second kappa shape index (κ2) is 9.41. The van der Waals surface area contributed by atoms with Crippen LogP contribution in [0, 0.1) is 6.92 Å². The van der Waals surface area contributed by atoms with Crippen molar-refractivity contribution in [2.45, 2.75) is 44.2 Å². The lowest BCUT2D eigenvalue weighted by Crippen LogP contribution is -2.60. The van der Waals surface area contributed by atoms with Crippen LogP contribution in [0.5, 0.6) is 0 Å². The van der Waals surface area contributed by atoms with E-state index >= 15 is 0 Å². The van der Waals surface area contributed by atoms with Crippen molar-refractivity contribution in [3.63, 3.8) is 0 Å². The fourth-order valence-electron chi connectivity index (χ4n) is 3.22. The molecule has 1 saturated heterocycles. The molecule has 1 aliphatic heterocycles. The lowest BCUT2D eigenvalue weighted by molar-refractivity contribution is -0.278. The first-order valence-electron chi connectivity index (χ1n) is 9.43. The minimum atomic E-state index is -1.89. The van der Waals surface area contributed by atoms with Crippen molar-refractivity contribution in [1.82, 2.24) is 0 Å². The summed E-state index contributed by atoms with van der Waals surface area (Å²) in [4.78, 5) is 24.0. The van der Waals surface area contributed by atoms with E-state index in [0.717, 1.165) is 5.56 Å². The van der Waals surface area contributed by atoms with Crippen LogP contribution in [-0.2, 0) is 20.9 Å². The summed E-state index contributed by atoms with van der Waals surface area (Å²) in [5.41, 5.74) is 2.54. The van der Waals surface area contributed by atoms with Gasteiger partial charge in [0.25, 0.3) is 0 Å². The smallest absolute Gasteiger partial charge is 0.342 e. The highest BCUT2D eigenvalue weighted by Crippen LogP contribution is 2.28. The Bertz CT molecular complexity index is 964. The zero-order valence-electron chi connectivity index (χ0n) is 16.5. The molecule has 1 fully saturated rings. The third-order valence-electron chi connectivity index (χ3n) is 5.07. The van der Waals surface area contributed by atoms with Crippen LogP contribution in [0.3, 0.4) is 0 Å². The zero-order valence-corrected chi connectivity index (χ0v) is 16.5. The number of benzene rings is 2. The van der Waals surface area contributed by atoms with Crippen LogP contribution in [-0.4, -0.2) is 68.2 Å². The molecule has 10 heteroatoms. The molecule has 10 nitrogen and oxygen atoms in total. The lowest BCUT2D eigenvalue weighted by Gasteiger charge is -2.38. The normalized spacial score (nSPS) is 25.6. The predicted octanol–water partition coefficient (Wildman–Crippen LogP) is 0.280. The maximum Gasteiger partial charge on any atom is 0.342 e. The number of aliphatic carboxylic acids is 1. The second-order valence-electron chi connectivity index (χ2n) is 7.06. The van der Waals surface area contributed by atoms with Gasteiger partial charge >= 0.3 is 11.9 Å². The van der Waals surface area contributed by atoms with Gasteiger partial charge in [0, 0.05) is 5.69 Å². The molecule has 0 amide bonds. The number of ether oxygens (including phenoxy) is 2. The van der Waals surface area contributed by atoms with Crippen LogP contribution >= 0.6 is 0 Å².